The van der Waals surface area contributed by atoms with Crippen molar-refractivity contribution >= 4 is 38.5 Å². The first-order valence-electron chi connectivity index (χ1n) is 16.7. The number of rotatable bonds is 7. The van der Waals surface area contributed by atoms with Crippen LogP contribution < -0.4 is 25.2 Å². The number of allylic oxidation sites excluding steroid dienone is 1. The predicted octanol–water partition coefficient (Wildman–Crippen LogP) is 1.78. The molecule has 1 unspecified atom stereocenters. The van der Waals surface area contributed by atoms with Gasteiger partial charge in [0.25, 0.3) is 5.91 Å². The largest absolute Gasteiger partial charge is 0.494 e. The summed E-state index contributed by atoms with van der Waals surface area (Å²) in [6.07, 6.45) is 7.78. The lowest BCUT2D eigenvalue weighted by Gasteiger charge is -2.30. The van der Waals surface area contributed by atoms with E-state index in [-0.39, 0.29) is 44.1 Å². The van der Waals surface area contributed by atoms with Gasteiger partial charge >= 0.3 is 0 Å². The maximum absolute atomic E-state index is 14.2. The fraction of sp³-hybridized carbons (Fsp3) is 0.588. The molecule has 0 spiro atoms. The molecule has 13 nitrogen and oxygen atoms in total. The summed E-state index contributed by atoms with van der Waals surface area (Å²) >= 11 is 0. The third-order valence-corrected chi connectivity index (χ3v) is 12.7. The molecule has 2 aliphatic carbocycles. The SMILES string of the molecule is COc1cnc(O[C@@H]2CC3C(=O)N[C@]4(C(=O)NS(=O)(=O)C5(CO)CC5)C[C@H]4/C=C\CC[C@@H](C)C[C@@H](C)[C@H](N)C(=O)N3C2)c2ccccc12. The van der Waals surface area contributed by atoms with Gasteiger partial charge in [0.05, 0.1) is 32.5 Å². The molecule has 6 rings (SSSR count). The number of methoxy groups -OCH3 is 1. The Balaban J connectivity index is 1.30. The number of pyridine rings is 1. The highest BCUT2D eigenvalue weighted by molar-refractivity contribution is 7.91. The number of fused-ring (bicyclic) bond motifs is 3. The number of aliphatic hydroxyl groups is 1. The molecule has 48 heavy (non-hydrogen) atoms. The number of sulfonamides is 1. The van der Waals surface area contributed by atoms with Gasteiger partial charge in [-0.2, -0.15) is 0 Å². The summed E-state index contributed by atoms with van der Waals surface area (Å²) in [5.74, 6) is -1.30. The van der Waals surface area contributed by atoms with E-state index < -0.39 is 68.7 Å². The van der Waals surface area contributed by atoms with Crippen molar-refractivity contribution in [2.75, 3.05) is 20.3 Å². The van der Waals surface area contributed by atoms with Crippen LogP contribution in [0.2, 0.25) is 0 Å². The maximum atomic E-state index is 14.2. The molecule has 3 fully saturated rings. The van der Waals surface area contributed by atoms with E-state index >= 15 is 0 Å². The number of ether oxygens (including phenoxy) is 2. The Morgan fingerprint density at radius 2 is 1.92 bits per heavy atom. The van der Waals surface area contributed by atoms with Gasteiger partial charge < -0.3 is 30.5 Å². The summed E-state index contributed by atoms with van der Waals surface area (Å²) < 4.78 is 38.8. The third kappa shape index (κ3) is 6.25. The molecule has 3 heterocycles. The number of aliphatic hydroxyl groups excluding tert-OH is 1. The van der Waals surface area contributed by atoms with Crippen LogP contribution >= 0.6 is 0 Å². The van der Waals surface area contributed by atoms with Crippen molar-refractivity contribution in [2.24, 2.45) is 23.5 Å². The van der Waals surface area contributed by atoms with Gasteiger partial charge in [0.15, 0.2) is 0 Å². The molecule has 0 radical (unpaired) electrons. The van der Waals surface area contributed by atoms with E-state index in [4.69, 9.17) is 15.2 Å². The van der Waals surface area contributed by atoms with E-state index in [1.165, 1.54) is 4.90 Å². The van der Waals surface area contributed by atoms with Crippen LogP contribution in [0, 0.1) is 17.8 Å². The van der Waals surface area contributed by atoms with E-state index in [1.807, 2.05) is 43.3 Å². The smallest absolute Gasteiger partial charge is 0.259 e. The molecule has 2 aromatic rings. The van der Waals surface area contributed by atoms with Gasteiger partial charge in [-0.05, 0) is 56.4 Å². The Kier molecular flexibility index (Phi) is 9.20. The second-order valence-electron chi connectivity index (χ2n) is 14.1. The lowest BCUT2D eigenvalue weighted by atomic mass is 9.88. The van der Waals surface area contributed by atoms with Gasteiger partial charge in [0.1, 0.15) is 28.2 Å². The van der Waals surface area contributed by atoms with E-state index in [0.717, 1.165) is 11.8 Å². The maximum Gasteiger partial charge on any atom is 0.259 e. The average molecular weight is 684 g/mol. The molecule has 3 amide bonds. The van der Waals surface area contributed by atoms with Crippen LogP contribution in [0.15, 0.2) is 42.6 Å². The lowest BCUT2D eigenvalue weighted by Crippen LogP contribution is -2.58. The van der Waals surface area contributed by atoms with Gasteiger partial charge in [0.2, 0.25) is 27.7 Å². The summed E-state index contributed by atoms with van der Waals surface area (Å²) in [6, 6.07) is 5.56. The first-order chi connectivity index (χ1) is 22.8. The molecule has 2 saturated carbocycles. The number of benzene rings is 1. The van der Waals surface area contributed by atoms with E-state index in [0.29, 0.717) is 29.9 Å². The van der Waals surface area contributed by atoms with Crippen LogP contribution in [-0.2, 0) is 24.4 Å². The van der Waals surface area contributed by atoms with Gasteiger partial charge in [-0.25, -0.2) is 13.4 Å². The number of hydrogen-bond acceptors (Lipinski definition) is 10. The van der Waals surface area contributed by atoms with Crippen molar-refractivity contribution in [1.82, 2.24) is 19.9 Å². The first kappa shape index (κ1) is 34.1. The van der Waals surface area contributed by atoms with Crippen molar-refractivity contribution < 1.29 is 37.4 Å². The van der Waals surface area contributed by atoms with E-state index in [9.17, 15) is 27.9 Å². The summed E-state index contributed by atoms with van der Waals surface area (Å²) in [5.41, 5.74) is 5.02. The van der Waals surface area contributed by atoms with Gasteiger partial charge in [-0.3, -0.25) is 19.1 Å². The number of nitrogens with one attached hydrogen (secondary N) is 2. The Labute approximate surface area is 280 Å². The molecule has 0 bridgehead atoms. The normalized spacial score (nSPS) is 32.6. The van der Waals surface area contributed by atoms with Crippen molar-refractivity contribution in [3.05, 3.63) is 42.6 Å². The molecule has 5 N–H and O–H groups in total. The minimum atomic E-state index is -4.20. The number of nitrogens with two attached hydrogens (primary N) is 1. The minimum absolute atomic E-state index is 0.0604. The fourth-order valence-corrected chi connectivity index (χ4v) is 8.62. The average Bonchev–Trinajstić information content (AvgIpc) is 3.97. The standard InChI is InChI=1S/C34H45N5O8S/c1-20-8-4-5-9-22-16-34(22,32(43)38-48(44,45)33(19-40)12-13-33)37-29(41)26-15-23(18-39(26)31(42)28(35)21(2)14-20)47-30-25-11-7-6-10-24(25)27(46-3)17-36-30/h5-7,9-11,17,20-23,26,28,40H,4,8,12-16,18-19,35H2,1-3H3,(H,37,41)(H,38,43)/b9-5-/t20-,21-,22-,23-,26?,28+,34-/m1/s1. The second-order valence-corrected chi connectivity index (χ2v) is 16.1. The Bertz CT molecular complexity index is 1730. The van der Waals surface area contributed by atoms with E-state index in [1.54, 1.807) is 13.3 Å². The highest BCUT2D eigenvalue weighted by atomic mass is 32.2. The lowest BCUT2D eigenvalue weighted by molar-refractivity contribution is -0.141. The molecule has 1 saturated heterocycles. The fourth-order valence-electron chi connectivity index (χ4n) is 7.16. The van der Waals surface area contributed by atoms with Crippen LogP contribution in [0.1, 0.15) is 58.8 Å². The first-order valence-corrected chi connectivity index (χ1v) is 18.1. The summed E-state index contributed by atoms with van der Waals surface area (Å²) in [6.45, 7) is 3.50. The summed E-state index contributed by atoms with van der Waals surface area (Å²) in [7, 11) is -2.64. The number of hydrogen-bond donors (Lipinski definition) is 4. The van der Waals surface area contributed by atoms with Crippen molar-refractivity contribution in [1.29, 1.82) is 0 Å². The van der Waals surface area contributed by atoms with Crippen LogP contribution in [0.3, 0.4) is 0 Å². The van der Waals surface area contributed by atoms with E-state index in [2.05, 4.69) is 21.9 Å². The molecule has 1 aromatic carbocycles. The zero-order valence-corrected chi connectivity index (χ0v) is 28.4. The Hall–Kier alpha value is -3.75. The Morgan fingerprint density at radius 1 is 1.19 bits per heavy atom. The highest BCUT2D eigenvalue weighted by Crippen LogP contribution is 2.47. The number of aromatic nitrogens is 1. The zero-order valence-electron chi connectivity index (χ0n) is 27.6. The number of carbonyl (C=O) groups is 3. The monoisotopic (exact) mass is 683 g/mol. The van der Waals surface area contributed by atoms with Gasteiger partial charge in [-0.15, -0.1) is 0 Å². The number of nitrogens with zero attached hydrogens (tertiary/aromatic N) is 2. The number of carbonyl (C=O) groups excluding carboxylic acids is 3. The molecule has 2 aliphatic heterocycles. The minimum Gasteiger partial charge on any atom is -0.494 e. The molecule has 7 atom stereocenters. The second kappa shape index (κ2) is 12.9. The molecular weight excluding hydrogens is 638 g/mol. The quantitative estimate of drug-likeness (QED) is 0.313. The van der Waals surface area contributed by atoms with Crippen molar-refractivity contribution in [3.63, 3.8) is 0 Å². The number of amides is 3. The van der Waals surface area contributed by atoms with Gasteiger partial charge in [0, 0.05) is 23.1 Å². The van der Waals surface area contributed by atoms with Crippen LogP contribution in [0.25, 0.3) is 10.8 Å². The van der Waals surface area contributed by atoms with Crippen LogP contribution in [0.5, 0.6) is 11.6 Å². The van der Waals surface area contributed by atoms with Crippen molar-refractivity contribution in [2.45, 2.75) is 87.3 Å². The van der Waals surface area contributed by atoms with Crippen LogP contribution in [0.4, 0.5) is 0 Å². The zero-order chi connectivity index (χ0) is 34.4. The molecule has 14 heteroatoms. The van der Waals surface area contributed by atoms with Crippen LogP contribution in [-0.4, -0.2) is 89.9 Å². The molecular formula is C34H45N5O8S. The predicted molar refractivity (Wildman–Crippen MR) is 177 cm³/mol. The third-order valence-electron chi connectivity index (χ3n) is 10.6. The van der Waals surface area contributed by atoms with Gasteiger partial charge in [-0.1, -0.05) is 44.2 Å². The summed E-state index contributed by atoms with van der Waals surface area (Å²) in [5, 5.41) is 14.1. The topological polar surface area (TPSA) is 190 Å². The highest BCUT2D eigenvalue weighted by Gasteiger charge is 2.63. The molecule has 260 valence electrons. The molecule has 1 aromatic heterocycles. The summed E-state index contributed by atoms with van der Waals surface area (Å²) in [4.78, 5) is 47.8. The molecule has 4 aliphatic rings. The van der Waals surface area contributed by atoms with Crippen molar-refractivity contribution in [3.8, 4) is 11.6 Å². The Morgan fingerprint density at radius 3 is 2.60 bits per heavy atom.